The standard InChI is InChI=1S/C6H11NO/c1-5(2)4-6(8)7-3/h5H,3-4H2,1-2H3. The van der Waals surface area contributed by atoms with Gasteiger partial charge >= 0.3 is 0 Å². The van der Waals surface area contributed by atoms with E-state index in [1.165, 1.54) is 0 Å². The zero-order valence-corrected chi connectivity index (χ0v) is 5.35. The first-order chi connectivity index (χ1) is 3.66. The minimum Gasteiger partial charge on any atom is -0.273 e. The van der Waals surface area contributed by atoms with Gasteiger partial charge in [0.05, 0.1) is 0 Å². The summed E-state index contributed by atoms with van der Waals surface area (Å²) in [5.41, 5.74) is 0. The molecule has 0 aromatic rings. The van der Waals surface area contributed by atoms with E-state index in [-0.39, 0.29) is 5.91 Å². The SMILES string of the molecule is C=NC(=O)CC(C)C. The van der Waals surface area contributed by atoms with Gasteiger partial charge in [0, 0.05) is 6.42 Å². The van der Waals surface area contributed by atoms with E-state index in [4.69, 9.17) is 0 Å². The van der Waals surface area contributed by atoms with Crippen LogP contribution in [0.5, 0.6) is 0 Å². The molecule has 0 aliphatic rings. The summed E-state index contributed by atoms with van der Waals surface area (Å²) in [4.78, 5) is 13.6. The highest BCUT2D eigenvalue weighted by atomic mass is 16.1. The molecular formula is C6H11NO. The lowest BCUT2D eigenvalue weighted by molar-refractivity contribution is -0.118. The van der Waals surface area contributed by atoms with Crippen LogP contribution in [0.2, 0.25) is 0 Å². The van der Waals surface area contributed by atoms with Crippen LogP contribution in [-0.4, -0.2) is 12.6 Å². The topological polar surface area (TPSA) is 29.4 Å². The maximum atomic E-state index is 10.4. The van der Waals surface area contributed by atoms with Gasteiger partial charge in [-0.2, -0.15) is 0 Å². The Bertz CT molecular complexity index is 96.7. The van der Waals surface area contributed by atoms with Crippen molar-refractivity contribution in [1.82, 2.24) is 0 Å². The fourth-order valence-electron chi connectivity index (χ4n) is 0.414. The highest BCUT2D eigenvalue weighted by Gasteiger charge is 1.99. The molecule has 0 N–H and O–H groups in total. The fraction of sp³-hybridized carbons (Fsp3) is 0.667. The average Bonchev–Trinajstić information content (AvgIpc) is 1.65. The Kier molecular flexibility index (Phi) is 3.08. The molecule has 0 radical (unpaired) electrons. The van der Waals surface area contributed by atoms with Crippen LogP contribution in [0.25, 0.3) is 0 Å². The predicted molar refractivity (Wildman–Crippen MR) is 34.0 cm³/mol. The van der Waals surface area contributed by atoms with Crippen LogP contribution < -0.4 is 0 Å². The maximum absolute atomic E-state index is 10.4. The zero-order chi connectivity index (χ0) is 6.57. The molecule has 1 amide bonds. The molecule has 0 aromatic heterocycles. The van der Waals surface area contributed by atoms with Crippen molar-refractivity contribution in [2.45, 2.75) is 20.3 Å². The first kappa shape index (κ1) is 7.34. The average molecular weight is 113 g/mol. The summed E-state index contributed by atoms with van der Waals surface area (Å²) in [6.45, 7) is 7.06. The van der Waals surface area contributed by atoms with Crippen LogP contribution in [0, 0.1) is 5.92 Å². The van der Waals surface area contributed by atoms with Crippen LogP contribution in [0.4, 0.5) is 0 Å². The monoisotopic (exact) mass is 113 g/mol. The van der Waals surface area contributed by atoms with Gasteiger partial charge in [-0.05, 0) is 12.6 Å². The van der Waals surface area contributed by atoms with Gasteiger partial charge in [-0.1, -0.05) is 13.8 Å². The molecule has 2 heteroatoms. The van der Waals surface area contributed by atoms with Crippen LogP contribution >= 0.6 is 0 Å². The Labute approximate surface area is 49.6 Å². The molecule has 8 heavy (non-hydrogen) atoms. The smallest absolute Gasteiger partial charge is 0.245 e. The van der Waals surface area contributed by atoms with E-state index in [1.54, 1.807) is 0 Å². The van der Waals surface area contributed by atoms with Gasteiger partial charge in [0.15, 0.2) is 0 Å². The second kappa shape index (κ2) is 3.36. The van der Waals surface area contributed by atoms with Gasteiger partial charge in [0.25, 0.3) is 0 Å². The highest BCUT2D eigenvalue weighted by molar-refractivity contribution is 5.80. The lowest BCUT2D eigenvalue weighted by Gasteiger charge is -1.95. The summed E-state index contributed by atoms with van der Waals surface area (Å²) >= 11 is 0. The number of carbonyl (C=O) groups excluding carboxylic acids is 1. The fourth-order valence-corrected chi connectivity index (χ4v) is 0.414. The Morgan fingerprint density at radius 3 is 2.38 bits per heavy atom. The molecule has 0 fully saturated rings. The molecule has 0 rings (SSSR count). The Hall–Kier alpha value is -0.660. The van der Waals surface area contributed by atoms with Gasteiger partial charge in [-0.15, -0.1) is 0 Å². The van der Waals surface area contributed by atoms with Crippen molar-refractivity contribution in [2.75, 3.05) is 0 Å². The molecule has 46 valence electrons. The van der Waals surface area contributed by atoms with Crippen LogP contribution in [0.3, 0.4) is 0 Å². The van der Waals surface area contributed by atoms with Gasteiger partial charge in [0.1, 0.15) is 0 Å². The number of amides is 1. The van der Waals surface area contributed by atoms with Crippen molar-refractivity contribution in [2.24, 2.45) is 10.9 Å². The molecule has 0 saturated carbocycles. The molecule has 0 spiro atoms. The van der Waals surface area contributed by atoms with Crippen molar-refractivity contribution in [1.29, 1.82) is 0 Å². The number of nitrogens with zero attached hydrogens (tertiary/aromatic N) is 1. The molecule has 0 aromatic carbocycles. The lowest BCUT2D eigenvalue weighted by atomic mass is 10.1. The second-order valence-electron chi connectivity index (χ2n) is 2.15. The first-order valence-electron chi connectivity index (χ1n) is 2.66. The molecule has 0 unspecified atom stereocenters. The molecule has 0 saturated heterocycles. The normalized spacial score (nSPS) is 9.38. The van der Waals surface area contributed by atoms with Crippen molar-refractivity contribution in [3.05, 3.63) is 0 Å². The Balaban J connectivity index is 3.39. The molecule has 2 nitrogen and oxygen atoms in total. The molecule has 0 bridgehead atoms. The van der Waals surface area contributed by atoms with Gasteiger partial charge in [0.2, 0.25) is 5.91 Å². The van der Waals surface area contributed by atoms with Crippen LogP contribution in [0.15, 0.2) is 4.99 Å². The summed E-state index contributed by atoms with van der Waals surface area (Å²) in [5.74, 6) is 0.285. The van der Waals surface area contributed by atoms with E-state index < -0.39 is 0 Å². The van der Waals surface area contributed by atoms with Crippen molar-refractivity contribution in [3.8, 4) is 0 Å². The van der Waals surface area contributed by atoms with E-state index in [0.29, 0.717) is 12.3 Å². The number of hydrogen-bond donors (Lipinski definition) is 0. The van der Waals surface area contributed by atoms with Crippen molar-refractivity contribution >= 4 is 12.6 Å². The number of carbonyl (C=O) groups is 1. The summed E-state index contributed by atoms with van der Waals surface area (Å²) in [7, 11) is 0. The number of hydrogen-bond acceptors (Lipinski definition) is 1. The van der Waals surface area contributed by atoms with Gasteiger partial charge in [-0.3, -0.25) is 4.79 Å². The summed E-state index contributed by atoms with van der Waals surface area (Å²) in [5, 5.41) is 0. The zero-order valence-electron chi connectivity index (χ0n) is 5.35. The van der Waals surface area contributed by atoms with E-state index >= 15 is 0 Å². The Morgan fingerprint density at radius 1 is 1.75 bits per heavy atom. The largest absolute Gasteiger partial charge is 0.273 e. The lowest BCUT2D eigenvalue weighted by Crippen LogP contribution is -1.97. The third kappa shape index (κ3) is 3.53. The summed E-state index contributed by atoms with van der Waals surface area (Å²) in [6, 6.07) is 0. The summed E-state index contributed by atoms with van der Waals surface area (Å²) < 4.78 is 0. The van der Waals surface area contributed by atoms with Gasteiger partial charge in [-0.25, -0.2) is 4.99 Å². The van der Waals surface area contributed by atoms with E-state index in [9.17, 15) is 4.79 Å². The van der Waals surface area contributed by atoms with Crippen molar-refractivity contribution in [3.63, 3.8) is 0 Å². The molecular weight excluding hydrogens is 102 g/mol. The molecule has 0 atom stereocenters. The van der Waals surface area contributed by atoms with Gasteiger partial charge < -0.3 is 0 Å². The van der Waals surface area contributed by atoms with E-state index in [0.717, 1.165) is 0 Å². The van der Waals surface area contributed by atoms with Crippen LogP contribution in [-0.2, 0) is 4.79 Å². The summed E-state index contributed by atoms with van der Waals surface area (Å²) in [6.07, 6.45) is 0.517. The number of aliphatic imine (C=N–C) groups is 1. The van der Waals surface area contributed by atoms with E-state index in [1.807, 2.05) is 13.8 Å². The van der Waals surface area contributed by atoms with Crippen molar-refractivity contribution < 1.29 is 4.79 Å². The quantitative estimate of drug-likeness (QED) is 0.496. The second-order valence-corrected chi connectivity index (χ2v) is 2.15. The minimum absolute atomic E-state index is 0.111. The van der Waals surface area contributed by atoms with Crippen LogP contribution in [0.1, 0.15) is 20.3 Å². The third-order valence-electron chi connectivity index (χ3n) is 0.759. The maximum Gasteiger partial charge on any atom is 0.245 e. The molecule has 0 heterocycles. The number of rotatable bonds is 2. The predicted octanol–water partition coefficient (Wildman–Crippen LogP) is 1.26. The molecule has 0 aliphatic carbocycles. The van der Waals surface area contributed by atoms with E-state index in [2.05, 4.69) is 11.7 Å². The first-order valence-corrected chi connectivity index (χ1v) is 2.66. The minimum atomic E-state index is -0.111. The highest BCUT2D eigenvalue weighted by Crippen LogP contribution is 1.99. The molecule has 0 aliphatic heterocycles. The third-order valence-corrected chi connectivity index (χ3v) is 0.759. The Morgan fingerprint density at radius 2 is 2.25 bits per heavy atom.